The Morgan fingerprint density at radius 3 is 2.41 bits per heavy atom. The summed E-state index contributed by atoms with van der Waals surface area (Å²) in [6.45, 7) is 0.146. The van der Waals surface area contributed by atoms with Crippen LogP contribution in [0.2, 0.25) is 0 Å². The van der Waals surface area contributed by atoms with Crippen LogP contribution in [0.3, 0.4) is 0 Å². The molecule has 9 heteroatoms. The lowest BCUT2D eigenvalue weighted by Gasteiger charge is -2.12. The van der Waals surface area contributed by atoms with Gasteiger partial charge in [0.2, 0.25) is 5.75 Å². The number of hydrogen-bond donors (Lipinski definition) is 0. The maximum absolute atomic E-state index is 13.4. The van der Waals surface area contributed by atoms with E-state index in [4.69, 9.17) is 4.74 Å². The van der Waals surface area contributed by atoms with E-state index in [1.807, 2.05) is 78.9 Å². The monoisotopic (exact) mass is 604 g/mol. The van der Waals surface area contributed by atoms with Crippen molar-refractivity contribution in [3.05, 3.63) is 145 Å². The topological polar surface area (TPSA) is 99.6 Å². The molecule has 1 aromatic heterocycles. The van der Waals surface area contributed by atoms with Crippen molar-refractivity contribution < 1.29 is 9.66 Å². The smallest absolute Gasteiger partial charge is 0.312 e. The Morgan fingerprint density at radius 2 is 1.61 bits per heavy atom. The highest BCUT2D eigenvalue weighted by atomic mass is 79.9. The third-order valence-corrected chi connectivity index (χ3v) is 7.19. The molecule has 0 radical (unpaired) electrons. The van der Waals surface area contributed by atoms with Crippen LogP contribution in [-0.2, 0) is 6.61 Å². The molecule has 0 amide bonds. The minimum Gasteiger partial charge on any atom is -0.481 e. The number of aromatic nitrogens is 2. The van der Waals surface area contributed by atoms with Crippen molar-refractivity contribution in [3.8, 4) is 17.1 Å². The van der Waals surface area contributed by atoms with Crippen molar-refractivity contribution >= 4 is 49.5 Å². The minimum absolute atomic E-state index is 0.106. The number of nitrogens with zero attached hydrogens (tertiary/aromatic N) is 4. The van der Waals surface area contributed by atoms with Crippen molar-refractivity contribution in [1.82, 2.24) is 9.66 Å². The van der Waals surface area contributed by atoms with E-state index in [0.717, 1.165) is 16.3 Å². The summed E-state index contributed by atoms with van der Waals surface area (Å²) >= 11 is 3.44. The second kappa shape index (κ2) is 11.1. The Kier molecular flexibility index (Phi) is 7.09. The van der Waals surface area contributed by atoms with E-state index in [9.17, 15) is 14.9 Å². The van der Waals surface area contributed by atoms with Crippen LogP contribution >= 0.6 is 15.9 Å². The van der Waals surface area contributed by atoms with Crippen LogP contribution in [0.1, 0.15) is 11.1 Å². The predicted molar refractivity (Wildman–Crippen MR) is 164 cm³/mol. The Bertz CT molecular complexity index is 2020. The van der Waals surface area contributed by atoms with Gasteiger partial charge in [-0.2, -0.15) is 9.78 Å². The molecule has 0 bridgehead atoms. The molecular weight excluding hydrogens is 584 g/mol. The minimum atomic E-state index is -0.500. The lowest BCUT2D eigenvalue weighted by atomic mass is 10.1. The van der Waals surface area contributed by atoms with Crippen molar-refractivity contribution in [2.75, 3.05) is 0 Å². The molecule has 0 spiro atoms. The Balaban J connectivity index is 1.38. The first kappa shape index (κ1) is 26.1. The molecule has 6 rings (SSSR count). The molecule has 0 unspecified atom stereocenters. The summed E-state index contributed by atoms with van der Waals surface area (Å²) in [7, 11) is 0. The third kappa shape index (κ3) is 5.22. The van der Waals surface area contributed by atoms with Gasteiger partial charge >= 0.3 is 5.69 Å². The second-order valence-electron chi connectivity index (χ2n) is 9.22. The highest BCUT2D eigenvalue weighted by molar-refractivity contribution is 9.10. The van der Waals surface area contributed by atoms with Gasteiger partial charge in [-0.15, -0.1) is 0 Å². The number of halogens is 1. The van der Waals surface area contributed by atoms with Gasteiger partial charge in [0.05, 0.1) is 26.5 Å². The molecule has 0 atom stereocenters. The number of hydrogen-bond acceptors (Lipinski definition) is 6. The van der Waals surface area contributed by atoms with Gasteiger partial charge in [-0.05, 0) is 50.5 Å². The zero-order valence-electron chi connectivity index (χ0n) is 21.5. The van der Waals surface area contributed by atoms with Gasteiger partial charge in [-0.1, -0.05) is 84.9 Å². The number of ether oxygens (including phenoxy) is 1. The molecule has 0 aliphatic carbocycles. The molecule has 1 heterocycles. The van der Waals surface area contributed by atoms with E-state index in [2.05, 4.69) is 26.0 Å². The average Bonchev–Trinajstić information content (AvgIpc) is 3.00. The molecule has 6 aromatic rings. The molecule has 0 aliphatic heterocycles. The Hall–Kier alpha value is -5.15. The zero-order valence-corrected chi connectivity index (χ0v) is 23.1. The van der Waals surface area contributed by atoms with Crippen LogP contribution in [0.25, 0.3) is 33.1 Å². The van der Waals surface area contributed by atoms with Crippen LogP contribution in [-0.4, -0.2) is 20.8 Å². The molecule has 5 aromatic carbocycles. The largest absolute Gasteiger partial charge is 0.481 e. The fraction of sp³-hybridized carbons (Fsp3) is 0.0312. The van der Waals surface area contributed by atoms with Crippen LogP contribution in [0, 0.1) is 10.1 Å². The number of fused-ring (bicyclic) bond motifs is 2. The lowest BCUT2D eigenvalue weighted by Crippen LogP contribution is -2.20. The van der Waals surface area contributed by atoms with Crippen molar-refractivity contribution in [2.24, 2.45) is 5.10 Å². The SMILES string of the molecule is O=c1c2ccccc2nc(-c2ccccc2)n1N=Cc1cc(Br)c(OCc2cccc3ccccc23)c([N+](=O)[O-])c1. The maximum atomic E-state index is 13.4. The average molecular weight is 605 g/mol. The summed E-state index contributed by atoms with van der Waals surface area (Å²) in [5.41, 5.74) is 1.99. The maximum Gasteiger partial charge on any atom is 0.312 e. The highest BCUT2D eigenvalue weighted by Gasteiger charge is 2.21. The lowest BCUT2D eigenvalue weighted by molar-refractivity contribution is -0.386. The van der Waals surface area contributed by atoms with Crippen LogP contribution in [0.5, 0.6) is 5.75 Å². The van der Waals surface area contributed by atoms with Gasteiger partial charge in [0, 0.05) is 17.2 Å². The van der Waals surface area contributed by atoms with Gasteiger partial charge in [-0.25, -0.2) is 4.98 Å². The summed E-state index contributed by atoms with van der Waals surface area (Å²) in [6, 6.07) is 33.1. The van der Waals surface area contributed by atoms with Gasteiger partial charge in [0.15, 0.2) is 5.82 Å². The molecule has 200 valence electrons. The van der Waals surface area contributed by atoms with E-state index in [1.165, 1.54) is 17.0 Å². The zero-order chi connectivity index (χ0) is 28.3. The standard InChI is InChI=1S/C32H21BrN4O4/c33-27-17-21(18-29(37(39)40)30(27)41-20-24-13-8-12-22-9-4-5-14-25(22)24)19-34-36-31(23-10-2-1-3-11-23)35-28-16-7-6-15-26(28)32(36)38/h1-19H,20H2. The van der Waals surface area contributed by atoms with E-state index < -0.39 is 4.92 Å². The molecule has 0 N–H and O–H groups in total. The molecule has 0 fully saturated rings. The van der Waals surface area contributed by atoms with Crippen molar-refractivity contribution in [2.45, 2.75) is 6.61 Å². The van der Waals surface area contributed by atoms with Gasteiger partial charge in [-0.3, -0.25) is 14.9 Å². The van der Waals surface area contributed by atoms with E-state index >= 15 is 0 Å². The fourth-order valence-corrected chi connectivity index (χ4v) is 5.23. The Labute approximate surface area is 242 Å². The van der Waals surface area contributed by atoms with E-state index in [1.54, 1.807) is 24.3 Å². The number of nitro benzene ring substituents is 1. The first-order chi connectivity index (χ1) is 20.0. The summed E-state index contributed by atoms with van der Waals surface area (Å²) in [5.74, 6) is 0.462. The van der Waals surface area contributed by atoms with E-state index in [-0.39, 0.29) is 23.6 Å². The molecular formula is C32H21BrN4O4. The van der Waals surface area contributed by atoms with Gasteiger partial charge < -0.3 is 4.74 Å². The van der Waals surface area contributed by atoms with Crippen LogP contribution < -0.4 is 10.3 Å². The summed E-state index contributed by atoms with van der Waals surface area (Å²) < 4.78 is 7.59. The number of para-hydroxylation sites is 1. The number of nitro groups is 1. The van der Waals surface area contributed by atoms with Gasteiger partial charge in [0.25, 0.3) is 5.56 Å². The first-order valence-electron chi connectivity index (χ1n) is 12.7. The van der Waals surface area contributed by atoms with E-state index in [0.29, 0.717) is 32.3 Å². The molecule has 0 saturated carbocycles. The predicted octanol–water partition coefficient (Wildman–Crippen LogP) is 7.35. The molecule has 8 nitrogen and oxygen atoms in total. The summed E-state index contributed by atoms with van der Waals surface area (Å²) in [5, 5.41) is 19.0. The highest BCUT2D eigenvalue weighted by Crippen LogP contribution is 2.37. The number of rotatable bonds is 7. The normalized spacial score (nSPS) is 11.3. The molecule has 0 saturated heterocycles. The van der Waals surface area contributed by atoms with Crippen LogP contribution in [0.15, 0.2) is 124 Å². The van der Waals surface area contributed by atoms with Crippen LogP contribution in [0.4, 0.5) is 5.69 Å². The second-order valence-corrected chi connectivity index (χ2v) is 10.1. The first-order valence-corrected chi connectivity index (χ1v) is 13.5. The summed E-state index contributed by atoms with van der Waals surface area (Å²) in [6.07, 6.45) is 1.40. The van der Waals surface area contributed by atoms with Crippen molar-refractivity contribution in [3.63, 3.8) is 0 Å². The van der Waals surface area contributed by atoms with Crippen molar-refractivity contribution in [1.29, 1.82) is 0 Å². The third-order valence-electron chi connectivity index (χ3n) is 6.60. The molecule has 41 heavy (non-hydrogen) atoms. The molecule has 0 aliphatic rings. The van der Waals surface area contributed by atoms with Gasteiger partial charge in [0.1, 0.15) is 6.61 Å². The number of benzene rings is 5. The summed E-state index contributed by atoms with van der Waals surface area (Å²) in [4.78, 5) is 29.7. The Morgan fingerprint density at radius 1 is 0.902 bits per heavy atom. The fourth-order valence-electron chi connectivity index (χ4n) is 4.65. The quantitative estimate of drug-likeness (QED) is 0.108.